The first-order valence-corrected chi connectivity index (χ1v) is 25.4. The van der Waals surface area contributed by atoms with Crippen LogP contribution in [0.3, 0.4) is 0 Å². The molecule has 2 atom stereocenters. The minimum absolute atomic E-state index is 0.207. The molecule has 0 fully saturated rings. The van der Waals surface area contributed by atoms with E-state index >= 15 is 0 Å². The Balaban J connectivity index is 1.71. The Hall–Kier alpha value is -2.01. The predicted molar refractivity (Wildman–Crippen MR) is 235 cm³/mol. The summed E-state index contributed by atoms with van der Waals surface area (Å²) in [4.78, 5) is 24.6. The predicted octanol–water partition coefficient (Wildman–Crippen LogP) is 5.65. The summed E-state index contributed by atoms with van der Waals surface area (Å²) in [7, 11) is -0.383. The van der Waals surface area contributed by atoms with Crippen molar-refractivity contribution in [3.8, 4) is 11.5 Å². The molecule has 2 aromatic carbocycles. The van der Waals surface area contributed by atoms with Crippen molar-refractivity contribution in [2.45, 2.75) is 109 Å². The van der Waals surface area contributed by atoms with Crippen LogP contribution < -0.4 is 9.47 Å². The Morgan fingerprint density at radius 1 is 0.525 bits per heavy atom. The Morgan fingerprint density at radius 3 is 1.19 bits per heavy atom. The summed E-state index contributed by atoms with van der Waals surface area (Å²) in [5.74, 6) is 1.59. The summed E-state index contributed by atoms with van der Waals surface area (Å²) >= 11 is 0. The fourth-order valence-electron chi connectivity index (χ4n) is 6.52. The molecule has 0 heterocycles. The van der Waals surface area contributed by atoms with Crippen LogP contribution in [-0.4, -0.2) is 154 Å². The molecule has 340 valence electrons. The minimum Gasteiger partial charge on any atom is -0.494 e. The summed E-state index contributed by atoms with van der Waals surface area (Å²) < 4.78 is 44.2. The molecule has 0 saturated heterocycles. The third-order valence-corrected chi connectivity index (χ3v) is 15.2. The maximum Gasteiger partial charge on any atom is 0.497 e. The Bertz CT molecular complexity index is 1240. The van der Waals surface area contributed by atoms with Crippen LogP contribution in [0, 0.1) is 0 Å². The molecule has 0 spiro atoms. The van der Waals surface area contributed by atoms with Crippen molar-refractivity contribution in [3.05, 3.63) is 59.7 Å². The SMILES string of the molecule is CCCCN(CCC[Si](O)(OC)OC)C(O)COCCCOc1ccc(C(C)(C)c2ccc(OCCCOCC(O)N(CCCC)CCC[Si](O)(OC)OC)cc2)cc1. The third-order valence-electron chi connectivity index (χ3n) is 10.7. The van der Waals surface area contributed by atoms with Gasteiger partial charge in [-0.05, 0) is 61.1 Å². The van der Waals surface area contributed by atoms with Gasteiger partial charge in [0.15, 0.2) is 0 Å². The highest BCUT2D eigenvalue weighted by molar-refractivity contribution is 6.59. The fourth-order valence-corrected chi connectivity index (χ4v) is 8.88. The first kappa shape index (κ1) is 53.1. The van der Waals surface area contributed by atoms with Crippen molar-refractivity contribution in [2.24, 2.45) is 0 Å². The van der Waals surface area contributed by atoms with Crippen LogP contribution in [0.15, 0.2) is 48.5 Å². The molecule has 16 heteroatoms. The topological polar surface area (TPSA) is 161 Å². The number of nitrogens with zero attached hydrogens (tertiary/aromatic N) is 2. The second kappa shape index (κ2) is 29.3. The highest BCUT2D eigenvalue weighted by Gasteiger charge is 2.35. The van der Waals surface area contributed by atoms with E-state index in [1.807, 2.05) is 34.1 Å². The number of benzene rings is 2. The zero-order valence-electron chi connectivity index (χ0n) is 37.4. The molecular formula is C43H78N2O12Si2. The zero-order chi connectivity index (χ0) is 43.6. The van der Waals surface area contributed by atoms with Crippen LogP contribution >= 0.6 is 0 Å². The lowest BCUT2D eigenvalue weighted by Gasteiger charge is -2.28. The lowest BCUT2D eigenvalue weighted by molar-refractivity contribution is -0.0605. The number of ether oxygens (including phenoxy) is 4. The smallest absolute Gasteiger partial charge is 0.494 e. The van der Waals surface area contributed by atoms with E-state index in [4.69, 9.17) is 36.7 Å². The van der Waals surface area contributed by atoms with Gasteiger partial charge in [0, 0.05) is 85.0 Å². The van der Waals surface area contributed by atoms with E-state index in [9.17, 15) is 19.8 Å². The van der Waals surface area contributed by atoms with Gasteiger partial charge in [0.25, 0.3) is 0 Å². The summed E-state index contributed by atoms with van der Waals surface area (Å²) in [5, 5.41) is 21.6. The highest BCUT2D eigenvalue weighted by atomic mass is 28.4. The number of aliphatic hydroxyl groups excluding tert-OH is 2. The van der Waals surface area contributed by atoms with Crippen molar-refractivity contribution < 1.29 is 56.5 Å². The molecule has 0 aliphatic carbocycles. The number of unbranched alkanes of at least 4 members (excludes halogenated alkanes) is 2. The van der Waals surface area contributed by atoms with Crippen molar-refractivity contribution in [1.29, 1.82) is 0 Å². The minimum atomic E-state index is -3.12. The van der Waals surface area contributed by atoms with Gasteiger partial charge in [-0.15, -0.1) is 0 Å². The molecule has 0 bridgehead atoms. The number of hydrogen-bond acceptors (Lipinski definition) is 14. The van der Waals surface area contributed by atoms with Gasteiger partial charge in [-0.2, -0.15) is 0 Å². The van der Waals surface area contributed by atoms with Crippen LogP contribution in [-0.2, 0) is 32.6 Å². The summed E-state index contributed by atoms with van der Waals surface area (Å²) in [5.41, 5.74) is 2.10. The lowest BCUT2D eigenvalue weighted by atomic mass is 9.78. The monoisotopic (exact) mass is 871 g/mol. The molecule has 0 radical (unpaired) electrons. The fraction of sp³-hybridized carbons (Fsp3) is 0.721. The molecule has 2 rings (SSSR count). The van der Waals surface area contributed by atoms with Crippen molar-refractivity contribution in [1.82, 2.24) is 9.80 Å². The number of aliphatic hydroxyl groups is 2. The molecule has 0 saturated carbocycles. The summed E-state index contributed by atoms with van der Waals surface area (Å²) in [6, 6.07) is 17.3. The second-order valence-electron chi connectivity index (χ2n) is 15.4. The van der Waals surface area contributed by atoms with Crippen LogP contribution in [0.4, 0.5) is 0 Å². The molecule has 4 N–H and O–H groups in total. The summed E-state index contributed by atoms with van der Waals surface area (Å²) in [6.07, 6.45) is 5.23. The van der Waals surface area contributed by atoms with Gasteiger partial charge in [0.2, 0.25) is 0 Å². The highest BCUT2D eigenvalue weighted by Crippen LogP contribution is 2.33. The molecule has 0 amide bonds. The van der Waals surface area contributed by atoms with Crippen LogP contribution in [0.1, 0.15) is 90.2 Å². The maximum atomic E-state index is 10.8. The Labute approximate surface area is 357 Å². The van der Waals surface area contributed by atoms with Crippen LogP contribution in [0.5, 0.6) is 11.5 Å². The molecule has 2 unspecified atom stereocenters. The van der Waals surface area contributed by atoms with E-state index in [1.54, 1.807) is 0 Å². The molecule has 0 aliphatic rings. The van der Waals surface area contributed by atoms with Gasteiger partial charge >= 0.3 is 17.6 Å². The molecule has 14 nitrogen and oxygen atoms in total. The van der Waals surface area contributed by atoms with Gasteiger partial charge in [0.05, 0.1) is 39.6 Å². The number of hydrogen-bond donors (Lipinski definition) is 4. The van der Waals surface area contributed by atoms with Crippen LogP contribution in [0.2, 0.25) is 12.1 Å². The average molecular weight is 871 g/mol. The molecule has 59 heavy (non-hydrogen) atoms. The summed E-state index contributed by atoms with van der Waals surface area (Å²) in [6.45, 7) is 13.7. The normalized spacial score (nSPS) is 13.7. The van der Waals surface area contributed by atoms with Crippen LogP contribution in [0.25, 0.3) is 0 Å². The maximum absolute atomic E-state index is 10.8. The quantitative estimate of drug-likeness (QED) is 0.0378. The van der Waals surface area contributed by atoms with E-state index in [0.717, 1.165) is 50.3 Å². The van der Waals surface area contributed by atoms with E-state index < -0.39 is 30.1 Å². The van der Waals surface area contributed by atoms with Gasteiger partial charge < -0.3 is 56.5 Å². The zero-order valence-corrected chi connectivity index (χ0v) is 39.4. The van der Waals surface area contributed by atoms with Gasteiger partial charge in [-0.1, -0.05) is 64.8 Å². The van der Waals surface area contributed by atoms with E-state index in [1.165, 1.54) is 39.6 Å². The van der Waals surface area contributed by atoms with Gasteiger partial charge in [-0.25, -0.2) is 0 Å². The molecular weight excluding hydrogens is 793 g/mol. The third kappa shape index (κ3) is 20.2. The van der Waals surface area contributed by atoms with E-state index in [2.05, 4.69) is 52.0 Å². The number of rotatable bonds is 36. The van der Waals surface area contributed by atoms with E-state index in [0.29, 0.717) is 77.3 Å². The lowest BCUT2D eigenvalue weighted by Crippen LogP contribution is -2.43. The first-order valence-electron chi connectivity index (χ1n) is 21.4. The van der Waals surface area contributed by atoms with Crippen molar-refractivity contribution >= 4 is 17.6 Å². The van der Waals surface area contributed by atoms with Crippen molar-refractivity contribution in [2.75, 3.05) is 94.3 Å². The first-order chi connectivity index (χ1) is 28.3. The van der Waals surface area contributed by atoms with Gasteiger partial charge in [-0.3, -0.25) is 9.80 Å². The Morgan fingerprint density at radius 2 is 0.864 bits per heavy atom. The van der Waals surface area contributed by atoms with E-state index in [-0.39, 0.29) is 18.6 Å². The van der Waals surface area contributed by atoms with Crippen molar-refractivity contribution in [3.63, 3.8) is 0 Å². The standard InChI is InChI=1S/C43H78N2O12Si2/c1-9-11-25-44(27-13-33-58(48,50-5)51-6)41(46)35-54-29-15-31-56-39-21-17-37(18-22-39)43(3,4)38-19-23-40(24-20-38)57-32-16-30-55-36-42(47)45(26-12-10-2)28-14-34-59(49,52-7)53-8/h17-24,41-42,46-49H,9-16,25-36H2,1-8H3. The largest absolute Gasteiger partial charge is 0.497 e. The van der Waals surface area contributed by atoms with Gasteiger partial charge in [0.1, 0.15) is 24.0 Å². The molecule has 0 aromatic heterocycles. The Kier molecular flexibility index (Phi) is 26.4. The second-order valence-corrected chi connectivity index (χ2v) is 20.9. The molecule has 0 aliphatic heterocycles. The average Bonchev–Trinajstić information content (AvgIpc) is 3.25. The molecule has 2 aromatic rings.